The van der Waals surface area contributed by atoms with Crippen LogP contribution in [0, 0.1) is 5.82 Å². The molecule has 1 fully saturated rings. The number of hydrogen-bond acceptors (Lipinski definition) is 8. The molecule has 0 N–H and O–H groups in total. The number of piperazine rings is 1. The molecule has 4 rings (SSSR count). The summed E-state index contributed by atoms with van der Waals surface area (Å²) >= 11 is 1.19. The zero-order chi connectivity index (χ0) is 23.9. The Labute approximate surface area is 195 Å². The zero-order valence-corrected chi connectivity index (χ0v) is 19.6. The topological polar surface area (TPSA) is 92.7 Å². The second kappa shape index (κ2) is 9.11. The average Bonchev–Trinajstić information content (AvgIpc) is 3.25. The Kier molecular flexibility index (Phi) is 6.40. The standard InChI is InChI=1S/C23H25FN4O4S/c1-12(2)27-11-17(13(3)32-4)28-10-16(20(29)21(30)19(28)23(27)31)22-26-25-18(33-22)9-14-5-7-15(24)8-6-14/h5-8,10,12-13,17,19H,9,11H2,1-4H3/t13-,17-,19?/m1/s1. The maximum absolute atomic E-state index is 13.2. The lowest BCUT2D eigenvalue weighted by atomic mass is 9.90. The van der Waals surface area contributed by atoms with Gasteiger partial charge in [-0.2, -0.15) is 0 Å². The van der Waals surface area contributed by atoms with E-state index in [0.29, 0.717) is 23.0 Å². The van der Waals surface area contributed by atoms with Gasteiger partial charge in [0.1, 0.15) is 10.8 Å². The van der Waals surface area contributed by atoms with Gasteiger partial charge in [-0.1, -0.05) is 23.5 Å². The van der Waals surface area contributed by atoms with Crippen LogP contribution in [-0.4, -0.2) is 75.4 Å². The number of rotatable bonds is 6. The van der Waals surface area contributed by atoms with Gasteiger partial charge in [-0.15, -0.1) is 10.2 Å². The van der Waals surface area contributed by atoms with Crippen molar-refractivity contribution in [3.05, 3.63) is 51.9 Å². The third-order valence-corrected chi connectivity index (χ3v) is 7.04. The van der Waals surface area contributed by atoms with Crippen molar-refractivity contribution in [1.29, 1.82) is 0 Å². The van der Waals surface area contributed by atoms with Crippen LogP contribution >= 0.6 is 11.3 Å². The van der Waals surface area contributed by atoms with E-state index in [1.54, 1.807) is 35.2 Å². The van der Waals surface area contributed by atoms with Crippen molar-refractivity contribution in [3.8, 4) is 0 Å². The van der Waals surface area contributed by atoms with E-state index in [2.05, 4.69) is 10.2 Å². The highest BCUT2D eigenvalue weighted by atomic mass is 32.1. The minimum absolute atomic E-state index is 0.114. The molecule has 2 aromatic rings. The number of allylic oxidation sites excluding steroid dienone is 1. The van der Waals surface area contributed by atoms with E-state index in [4.69, 9.17) is 4.74 Å². The highest BCUT2D eigenvalue weighted by molar-refractivity contribution is 7.13. The number of aromatic nitrogens is 2. The van der Waals surface area contributed by atoms with E-state index in [0.717, 1.165) is 5.56 Å². The van der Waals surface area contributed by atoms with Crippen molar-refractivity contribution in [2.45, 2.75) is 51.4 Å². The first-order valence-electron chi connectivity index (χ1n) is 10.7. The van der Waals surface area contributed by atoms with Gasteiger partial charge in [0, 0.05) is 32.3 Å². The smallest absolute Gasteiger partial charge is 0.253 e. The number of carbonyl (C=O) groups is 3. The second-order valence-electron chi connectivity index (χ2n) is 8.48. The van der Waals surface area contributed by atoms with Gasteiger partial charge in [-0.3, -0.25) is 14.4 Å². The molecule has 0 radical (unpaired) electrons. The number of benzene rings is 1. The van der Waals surface area contributed by atoms with Gasteiger partial charge >= 0.3 is 0 Å². The summed E-state index contributed by atoms with van der Waals surface area (Å²) < 4.78 is 18.7. The molecule has 33 heavy (non-hydrogen) atoms. The molecular formula is C23H25FN4O4S. The molecule has 3 heterocycles. The minimum atomic E-state index is -1.20. The number of halogens is 1. The van der Waals surface area contributed by atoms with Crippen molar-refractivity contribution in [2.24, 2.45) is 0 Å². The summed E-state index contributed by atoms with van der Waals surface area (Å²) in [4.78, 5) is 42.5. The molecule has 1 saturated heterocycles. The molecule has 3 atom stereocenters. The molecule has 174 valence electrons. The Morgan fingerprint density at radius 2 is 1.85 bits per heavy atom. The third-order valence-electron chi connectivity index (χ3n) is 6.08. The number of methoxy groups -OCH3 is 1. The molecule has 0 saturated carbocycles. The maximum Gasteiger partial charge on any atom is 0.253 e. The van der Waals surface area contributed by atoms with E-state index in [1.165, 1.54) is 23.5 Å². The predicted molar refractivity (Wildman–Crippen MR) is 120 cm³/mol. The van der Waals surface area contributed by atoms with E-state index in [-0.39, 0.29) is 35.5 Å². The van der Waals surface area contributed by atoms with Crippen molar-refractivity contribution < 1.29 is 23.5 Å². The normalized spacial score (nSPS) is 22.0. The second-order valence-corrected chi connectivity index (χ2v) is 9.54. The van der Waals surface area contributed by atoms with Crippen molar-refractivity contribution >= 4 is 34.4 Å². The summed E-state index contributed by atoms with van der Waals surface area (Å²) in [5.41, 5.74) is 0.974. The SMILES string of the molecule is CO[C@H](C)[C@H]1CN(C(C)C)C(=O)C2C(=O)C(=O)C(c3nnc(Cc4ccc(F)cc4)s3)=CN21. The number of hydrogen-bond donors (Lipinski definition) is 0. The van der Waals surface area contributed by atoms with E-state index < -0.39 is 17.6 Å². The molecule has 10 heteroatoms. The summed E-state index contributed by atoms with van der Waals surface area (Å²) in [5, 5.41) is 9.21. The summed E-state index contributed by atoms with van der Waals surface area (Å²) in [6.07, 6.45) is 1.70. The molecule has 1 aromatic carbocycles. The van der Waals surface area contributed by atoms with Crippen LogP contribution in [0.5, 0.6) is 0 Å². The Morgan fingerprint density at radius 1 is 1.15 bits per heavy atom. The fourth-order valence-corrected chi connectivity index (χ4v) is 5.00. The monoisotopic (exact) mass is 472 g/mol. The molecule has 0 aliphatic carbocycles. The first kappa shape index (κ1) is 23.2. The number of Topliss-reactive ketones (excluding diaryl/α,β-unsaturated/α-hetero) is 2. The summed E-state index contributed by atoms with van der Waals surface area (Å²) in [5.74, 6) is -2.22. The van der Waals surface area contributed by atoms with Crippen molar-refractivity contribution in [2.75, 3.05) is 13.7 Å². The number of nitrogens with zero attached hydrogens (tertiary/aromatic N) is 4. The fourth-order valence-electron chi connectivity index (χ4n) is 4.12. The number of carbonyl (C=O) groups excluding carboxylic acids is 3. The van der Waals surface area contributed by atoms with Gasteiger partial charge in [0.05, 0.1) is 17.7 Å². The van der Waals surface area contributed by atoms with Gasteiger partial charge in [0.2, 0.25) is 11.6 Å². The Hall–Kier alpha value is -2.98. The average molecular weight is 473 g/mol. The van der Waals surface area contributed by atoms with E-state index in [1.807, 2.05) is 20.8 Å². The molecule has 2 aliphatic heterocycles. The lowest BCUT2D eigenvalue weighted by Crippen LogP contribution is -2.68. The number of fused-ring (bicyclic) bond motifs is 1. The molecule has 0 bridgehead atoms. The Balaban J connectivity index is 1.67. The van der Waals surface area contributed by atoms with Crippen LogP contribution in [-0.2, 0) is 25.5 Å². The molecular weight excluding hydrogens is 447 g/mol. The first-order chi connectivity index (χ1) is 15.7. The van der Waals surface area contributed by atoms with E-state index in [9.17, 15) is 18.8 Å². The van der Waals surface area contributed by atoms with Crippen LogP contribution in [0.3, 0.4) is 0 Å². The third kappa shape index (κ3) is 4.32. The highest BCUT2D eigenvalue weighted by Crippen LogP contribution is 2.32. The number of ether oxygens (including phenoxy) is 1. The first-order valence-corrected chi connectivity index (χ1v) is 11.5. The van der Waals surface area contributed by atoms with Crippen LogP contribution in [0.15, 0.2) is 30.5 Å². The molecule has 1 amide bonds. The van der Waals surface area contributed by atoms with Crippen LogP contribution in [0.4, 0.5) is 4.39 Å². The molecule has 0 spiro atoms. The van der Waals surface area contributed by atoms with Crippen molar-refractivity contribution in [3.63, 3.8) is 0 Å². The number of amides is 1. The van der Waals surface area contributed by atoms with Gasteiger partial charge < -0.3 is 14.5 Å². The van der Waals surface area contributed by atoms with Crippen molar-refractivity contribution in [1.82, 2.24) is 20.0 Å². The molecule has 1 aromatic heterocycles. The largest absolute Gasteiger partial charge is 0.380 e. The zero-order valence-electron chi connectivity index (χ0n) is 18.8. The van der Waals surface area contributed by atoms with Crippen LogP contribution in [0.1, 0.15) is 36.3 Å². The summed E-state index contributed by atoms with van der Waals surface area (Å²) in [6.45, 7) is 6.00. The van der Waals surface area contributed by atoms with E-state index >= 15 is 0 Å². The Morgan fingerprint density at radius 3 is 2.48 bits per heavy atom. The Bertz CT molecular complexity index is 1110. The molecule has 1 unspecified atom stereocenters. The quantitative estimate of drug-likeness (QED) is 0.470. The van der Waals surface area contributed by atoms with Gasteiger partial charge in [-0.25, -0.2) is 4.39 Å². The van der Waals surface area contributed by atoms with Gasteiger partial charge in [0.15, 0.2) is 11.0 Å². The summed E-state index contributed by atoms with van der Waals surface area (Å²) in [7, 11) is 1.57. The molecule has 2 aliphatic rings. The summed E-state index contributed by atoms with van der Waals surface area (Å²) in [6, 6.07) is 4.43. The van der Waals surface area contributed by atoms with Crippen LogP contribution in [0.25, 0.3) is 5.57 Å². The van der Waals surface area contributed by atoms with Gasteiger partial charge in [0.25, 0.3) is 5.91 Å². The maximum atomic E-state index is 13.2. The number of ketones is 2. The predicted octanol–water partition coefficient (Wildman–Crippen LogP) is 2.09. The van der Waals surface area contributed by atoms with Crippen LogP contribution < -0.4 is 0 Å². The highest BCUT2D eigenvalue weighted by Gasteiger charge is 2.51. The van der Waals surface area contributed by atoms with Crippen LogP contribution in [0.2, 0.25) is 0 Å². The molecule has 8 nitrogen and oxygen atoms in total. The van der Waals surface area contributed by atoms with Gasteiger partial charge in [-0.05, 0) is 38.5 Å². The lowest BCUT2D eigenvalue weighted by Gasteiger charge is -2.49. The minimum Gasteiger partial charge on any atom is -0.380 e. The fraction of sp³-hybridized carbons (Fsp3) is 0.435. The lowest BCUT2D eigenvalue weighted by molar-refractivity contribution is -0.156.